The number of Topliss-reactive ketones (excluding diaryl/α,β-unsaturated/α-hetero) is 2. The van der Waals surface area contributed by atoms with Gasteiger partial charge in [-0.1, -0.05) is 123 Å². The Labute approximate surface area is 509 Å². The minimum atomic E-state index is -0.219. The molecule has 0 amide bonds. The Balaban J connectivity index is 0.000000206. The standard InChI is InChI=1S/C36H22N6.C27H22O3.C9H6O2.C3H2N2/c1-11-15-23-19(5)27-33-28(36(41-9)42-10)20(6)24(16-12-2)32(33)35-29(25(17-37)39-7)21(13-3)22(14-4)31(35)34(27)30(23)26(18-38)40-8;1-7-11-17-14(6)25(28)22-19-13(5)18(12-8-2)27(30)23(19)20-15(9-3)16(10-4)26(29)24(20)21(17)22;10-8-5-9(11)7-4-2-1-3-6(7)8;1-5-3-2-4/h11-16H,3-4H2,1-2,5-6H3;7-12H,3-4H2,1-2,5-6H3;1-4H,5H2;3H2/b15-11-,16-12-,29-25-,30-26?;11-7-,12-8-;;. The zero-order valence-corrected chi connectivity index (χ0v) is 49.6. The number of ketones is 2. The molecule has 10 rings (SSSR count). The minimum Gasteiger partial charge on any atom is -0.301 e. The third-order valence-corrected chi connectivity index (χ3v) is 15.7. The number of nitriles is 3. The van der Waals surface area contributed by atoms with E-state index in [-0.39, 0.29) is 58.0 Å². The predicted octanol–water partition coefficient (Wildman–Crippen LogP) is 16.8. The first kappa shape index (κ1) is 63.1. The molecule has 0 saturated carbocycles. The zero-order valence-electron chi connectivity index (χ0n) is 49.6. The van der Waals surface area contributed by atoms with Crippen LogP contribution in [0.5, 0.6) is 0 Å². The summed E-state index contributed by atoms with van der Waals surface area (Å²) in [7, 11) is 0. The Hall–Kier alpha value is -12.5. The normalized spacial score (nSPS) is 14.6. The highest BCUT2D eigenvalue weighted by Gasteiger charge is 2.45. The predicted molar refractivity (Wildman–Crippen MR) is 354 cm³/mol. The van der Waals surface area contributed by atoms with Gasteiger partial charge in [0.2, 0.25) is 0 Å². The number of fused-ring (bicyclic) bond motifs is 13. The van der Waals surface area contributed by atoms with Gasteiger partial charge in [-0.25, -0.2) is 26.8 Å². The summed E-state index contributed by atoms with van der Waals surface area (Å²) >= 11 is 0. The summed E-state index contributed by atoms with van der Waals surface area (Å²) in [6.45, 7) is 68.0. The Morgan fingerprint density at radius 1 is 0.477 bits per heavy atom. The Morgan fingerprint density at radius 2 is 0.932 bits per heavy atom. The first-order valence-electron chi connectivity index (χ1n) is 27.2. The molecule has 6 aromatic carbocycles. The van der Waals surface area contributed by atoms with Crippen LogP contribution in [0.2, 0.25) is 0 Å². The van der Waals surface area contributed by atoms with Gasteiger partial charge in [-0.2, -0.15) is 15.0 Å². The van der Waals surface area contributed by atoms with Gasteiger partial charge in [-0.3, -0.25) is 24.0 Å². The fraction of sp³-hybridized carbons (Fsp3) is 0.133. The maximum absolute atomic E-state index is 13.5. The van der Waals surface area contributed by atoms with Gasteiger partial charge in [-0.15, -0.1) is 0 Å². The molecule has 0 heterocycles. The van der Waals surface area contributed by atoms with Crippen molar-refractivity contribution >= 4 is 102 Å². The van der Waals surface area contributed by atoms with Gasteiger partial charge >= 0.3 is 5.82 Å². The minimum absolute atomic E-state index is 0.0139. The molecular weight excluding hydrogens is 1090 g/mol. The maximum atomic E-state index is 13.5. The van der Waals surface area contributed by atoms with Crippen LogP contribution in [-0.4, -0.2) is 18.1 Å². The zero-order chi connectivity index (χ0) is 64.7. The molecule has 0 bridgehead atoms. The van der Waals surface area contributed by atoms with E-state index in [9.17, 15) is 34.5 Å². The molecule has 0 spiro atoms. The van der Waals surface area contributed by atoms with Crippen LogP contribution in [0.3, 0.4) is 0 Å². The van der Waals surface area contributed by atoms with E-state index in [1.807, 2.05) is 97.1 Å². The van der Waals surface area contributed by atoms with E-state index in [0.717, 1.165) is 22.3 Å². The van der Waals surface area contributed by atoms with Gasteiger partial charge in [0.05, 0.1) is 37.3 Å². The molecule has 0 radical (unpaired) electrons. The lowest BCUT2D eigenvalue weighted by Crippen LogP contribution is -2.04. The van der Waals surface area contributed by atoms with E-state index in [1.54, 1.807) is 61.6 Å². The molecule has 13 nitrogen and oxygen atoms in total. The van der Waals surface area contributed by atoms with E-state index < -0.39 is 0 Å². The van der Waals surface area contributed by atoms with Crippen molar-refractivity contribution in [2.45, 2.75) is 61.8 Å². The number of carbonyl (C=O) groups is 2. The largest absolute Gasteiger partial charge is 0.527 e. The van der Waals surface area contributed by atoms with Crippen molar-refractivity contribution in [2.24, 2.45) is 0 Å². The first-order chi connectivity index (χ1) is 42.4. The van der Waals surface area contributed by atoms with Crippen LogP contribution < -0.4 is 16.3 Å². The highest BCUT2D eigenvalue weighted by atomic mass is 16.2. The number of allylic oxidation sites excluding steroid dienone is 19. The lowest BCUT2D eigenvalue weighted by Gasteiger charge is -2.21. The molecule has 0 unspecified atom stereocenters. The number of hydrogen-bond acceptors (Lipinski definition) is 8. The highest BCUT2D eigenvalue weighted by molar-refractivity contribution is 6.32. The van der Waals surface area contributed by atoms with Gasteiger partial charge in [0.25, 0.3) is 17.9 Å². The average Bonchev–Trinajstić information content (AvgIpc) is 1.54. The molecule has 0 saturated heterocycles. The van der Waals surface area contributed by atoms with Crippen molar-refractivity contribution in [3.05, 3.63) is 299 Å². The molecule has 0 atom stereocenters. The number of nitrogens with zero attached hydrogens (tertiary/aromatic N) is 8. The summed E-state index contributed by atoms with van der Waals surface area (Å²) in [5.41, 5.74) is 13.1. The van der Waals surface area contributed by atoms with Gasteiger partial charge in [0.1, 0.15) is 19.2 Å². The van der Waals surface area contributed by atoms with Crippen LogP contribution >= 0.6 is 0 Å². The average molecular weight is 1150 g/mol. The van der Waals surface area contributed by atoms with E-state index in [1.165, 1.54) is 6.08 Å². The third kappa shape index (κ3) is 9.61. The monoisotopic (exact) mass is 1140 g/mol. The van der Waals surface area contributed by atoms with Crippen molar-refractivity contribution in [1.29, 1.82) is 15.8 Å². The van der Waals surface area contributed by atoms with Crippen LogP contribution in [0, 0.1) is 80.7 Å². The number of carbonyl (C=O) groups excluding carboxylic acids is 2. The molecule has 6 aromatic rings. The Morgan fingerprint density at radius 3 is 1.40 bits per heavy atom. The van der Waals surface area contributed by atoms with Crippen molar-refractivity contribution < 1.29 is 9.59 Å². The quantitative estimate of drug-likeness (QED) is 0.0625. The number of hydrogen-bond donors (Lipinski definition) is 0. The molecule has 0 N–H and O–H groups in total. The van der Waals surface area contributed by atoms with Crippen molar-refractivity contribution in [3.63, 3.8) is 0 Å². The maximum Gasteiger partial charge on any atom is 0.527 e. The van der Waals surface area contributed by atoms with Gasteiger partial charge in [0, 0.05) is 71.3 Å². The van der Waals surface area contributed by atoms with Crippen LogP contribution in [0.25, 0.3) is 114 Å². The van der Waals surface area contributed by atoms with Gasteiger partial charge in [0.15, 0.2) is 27.9 Å². The third-order valence-electron chi connectivity index (χ3n) is 15.7. The SMILES string of the molecule is C=Cc1c(C=C)c2c3c(=O)c(/C=C\C)c(C)c3c3c(=O)c(C)c(/C=C\C)c3c2c1=O.O=C1CC(=O)c2ccccc21.[C-]#[N+]C(C#N)=C1C(/C=C\C)=C(C)c2c1c1c(c3c2C(=C([N+]#[C-])[N+]#[C-])C(C)=C3/C=C\C)/C(=C(/C#N)[N+]#[C-])C(C=C)=C1C=C.[C-]#[N+]CC#N. The summed E-state index contributed by atoms with van der Waals surface area (Å²) in [6.07, 6.45) is 21.1. The molecule has 4 aliphatic carbocycles. The van der Waals surface area contributed by atoms with Crippen LogP contribution in [0.1, 0.15) is 135 Å². The second-order valence-corrected chi connectivity index (χ2v) is 20.0. The molecule has 0 fully saturated rings. The van der Waals surface area contributed by atoms with E-state index in [4.69, 9.17) is 38.1 Å². The van der Waals surface area contributed by atoms with Crippen molar-refractivity contribution in [2.75, 3.05) is 6.54 Å². The summed E-state index contributed by atoms with van der Waals surface area (Å²) < 4.78 is 0. The Kier molecular flexibility index (Phi) is 18.6. The first-order valence-corrected chi connectivity index (χ1v) is 27.2. The lowest BCUT2D eigenvalue weighted by molar-refractivity contribution is 0.0922. The summed E-state index contributed by atoms with van der Waals surface area (Å²) in [6, 6.07) is 12.7. The van der Waals surface area contributed by atoms with Crippen LogP contribution in [0.4, 0.5) is 0 Å². The van der Waals surface area contributed by atoms with Gasteiger partial charge in [-0.05, 0) is 139 Å². The number of aryl methyl sites for hydroxylation is 1. The summed E-state index contributed by atoms with van der Waals surface area (Å²) in [4.78, 5) is 79.5. The summed E-state index contributed by atoms with van der Waals surface area (Å²) in [5, 5.41) is 31.0. The Bertz CT molecular complexity index is 5040. The fourth-order valence-corrected chi connectivity index (χ4v) is 12.3. The molecule has 13 heteroatoms. The van der Waals surface area contributed by atoms with Crippen LogP contribution in [-0.2, 0) is 0 Å². The van der Waals surface area contributed by atoms with E-state index >= 15 is 0 Å². The molecular formula is C75H52N8O5. The molecule has 0 aromatic heterocycles. The second-order valence-electron chi connectivity index (χ2n) is 20.0. The van der Waals surface area contributed by atoms with Crippen LogP contribution in [0.15, 0.2) is 148 Å². The molecule has 88 heavy (non-hydrogen) atoms. The lowest BCUT2D eigenvalue weighted by atomic mass is 9.81. The fourth-order valence-electron chi connectivity index (χ4n) is 12.3. The summed E-state index contributed by atoms with van der Waals surface area (Å²) in [5.74, 6) is -0.217. The van der Waals surface area contributed by atoms with Gasteiger partial charge < -0.3 is 4.85 Å². The highest BCUT2D eigenvalue weighted by Crippen LogP contribution is 2.62. The van der Waals surface area contributed by atoms with E-state index in [2.05, 4.69) is 56.6 Å². The molecule has 0 aliphatic heterocycles. The number of rotatable bonds is 8. The molecule has 422 valence electrons. The van der Waals surface area contributed by atoms with Crippen molar-refractivity contribution in [1.82, 2.24) is 0 Å². The topological polar surface area (TPSA) is 179 Å². The van der Waals surface area contributed by atoms with Crippen molar-refractivity contribution in [3.8, 4) is 18.2 Å². The smallest absolute Gasteiger partial charge is 0.301 e. The van der Waals surface area contributed by atoms with E-state index in [0.29, 0.717) is 138 Å². The molecule has 4 aliphatic rings. The number of benzene rings is 3. The second kappa shape index (κ2) is 26.0.